The van der Waals surface area contributed by atoms with Crippen LogP contribution in [0.5, 0.6) is 17.2 Å². The van der Waals surface area contributed by atoms with E-state index >= 15 is 0 Å². The third-order valence-electron chi connectivity index (χ3n) is 5.08. The van der Waals surface area contributed by atoms with Crippen molar-refractivity contribution >= 4 is 23.3 Å². The summed E-state index contributed by atoms with van der Waals surface area (Å²) in [6.45, 7) is 1.10. The van der Waals surface area contributed by atoms with Crippen molar-refractivity contribution in [1.82, 2.24) is 9.38 Å². The van der Waals surface area contributed by atoms with Crippen LogP contribution in [0.2, 0.25) is 0 Å². The molecule has 1 aliphatic heterocycles. The van der Waals surface area contributed by atoms with Crippen LogP contribution >= 0.6 is 0 Å². The molecule has 1 N–H and O–H groups in total. The fraction of sp³-hybridized carbons (Fsp3) is 0.120. The van der Waals surface area contributed by atoms with Gasteiger partial charge in [0.25, 0.3) is 0 Å². The van der Waals surface area contributed by atoms with E-state index in [-0.39, 0.29) is 5.91 Å². The fourth-order valence-corrected chi connectivity index (χ4v) is 3.51. The molecule has 0 unspecified atom stereocenters. The van der Waals surface area contributed by atoms with E-state index in [0.29, 0.717) is 18.9 Å². The second kappa shape index (κ2) is 8.47. The van der Waals surface area contributed by atoms with Gasteiger partial charge in [-0.3, -0.25) is 4.79 Å². The van der Waals surface area contributed by atoms with Gasteiger partial charge in [-0.25, -0.2) is 4.98 Å². The summed E-state index contributed by atoms with van der Waals surface area (Å²) in [5, 5.41) is 2.88. The molecule has 0 spiro atoms. The summed E-state index contributed by atoms with van der Waals surface area (Å²) in [6.07, 6.45) is 6.99. The van der Waals surface area contributed by atoms with Gasteiger partial charge in [0.2, 0.25) is 5.91 Å². The third-order valence-corrected chi connectivity index (χ3v) is 5.08. The fourth-order valence-electron chi connectivity index (χ4n) is 3.51. The summed E-state index contributed by atoms with van der Waals surface area (Å²) in [6, 6.07) is 17.0. The Bertz CT molecular complexity index is 1330. The van der Waals surface area contributed by atoms with Crippen LogP contribution < -0.4 is 19.5 Å². The topological polar surface area (TPSA) is 74.1 Å². The smallest absolute Gasteiger partial charge is 0.248 e. The van der Waals surface area contributed by atoms with Crippen molar-refractivity contribution < 1.29 is 19.0 Å². The number of hydrogen-bond donors (Lipinski definition) is 1. The van der Waals surface area contributed by atoms with E-state index in [9.17, 15) is 4.79 Å². The molecule has 0 saturated carbocycles. The zero-order chi connectivity index (χ0) is 21.9. The summed E-state index contributed by atoms with van der Waals surface area (Å²) in [7, 11) is 1.61. The van der Waals surface area contributed by atoms with Crippen LogP contribution in [0.15, 0.2) is 73.1 Å². The van der Waals surface area contributed by atoms with Gasteiger partial charge in [0.1, 0.15) is 24.6 Å². The number of rotatable bonds is 5. The Kier molecular flexibility index (Phi) is 5.21. The van der Waals surface area contributed by atoms with E-state index in [0.717, 1.165) is 39.7 Å². The molecule has 4 aromatic rings. The number of anilines is 1. The first kappa shape index (κ1) is 19.7. The van der Waals surface area contributed by atoms with Crippen molar-refractivity contribution in [3.05, 3.63) is 78.6 Å². The zero-order valence-corrected chi connectivity index (χ0v) is 17.4. The number of ether oxygens (including phenoxy) is 3. The summed E-state index contributed by atoms with van der Waals surface area (Å²) >= 11 is 0. The van der Waals surface area contributed by atoms with Gasteiger partial charge in [-0.05, 0) is 54.1 Å². The minimum atomic E-state index is -0.223. The normalized spacial score (nSPS) is 12.8. The number of benzene rings is 2. The largest absolute Gasteiger partial charge is 0.497 e. The number of carbonyl (C=O) groups is 1. The lowest BCUT2D eigenvalue weighted by molar-refractivity contribution is -0.111. The number of carbonyl (C=O) groups excluding carboxylic acids is 1. The molecular weight excluding hydrogens is 406 g/mol. The van der Waals surface area contributed by atoms with Crippen LogP contribution in [0.3, 0.4) is 0 Å². The van der Waals surface area contributed by atoms with Gasteiger partial charge in [-0.2, -0.15) is 0 Å². The standard InChI is InChI=1S/C25H21N3O4/c1-30-20-4-2-3-17(13-20)5-10-25(29)26-19-7-9-24-27-21(16-28(24)15-19)18-6-8-22-23(14-18)32-12-11-31-22/h2-10,13-16H,11-12H2,1H3,(H,26,29)/b10-5+. The molecule has 0 fully saturated rings. The minimum Gasteiger partial charge on any atom is -0.497 e. The van der Waals surface area contributed by atoms with E-state index in [1.54, 1.807) is 13.2 Å². The molecule has 0 saturated heterocycles. The number of aromatic nitrogens is 2. The lowest BCUT2D eigenvalue weighted by Crippen LogP contribution is -2.15. The van der Waals surface area contributed by atoms with E-state index in [4.69, 9.17) is 14.2 Å². The maximum absolute atomic E-state index is 12.4. The Morgan fingerprint density at radius 1 is 1.06 bits per heavy atom. The van der Waals surface area contributed by atoms with Gasteiger partial charge >= 0.3 is 0 Å². The molecule has 1 amide bonds. The molecule has 0 radical (unpaired) electrons. The Morgan fingerprint density at radius 2 is 1.94 bits per heavy atom. The van der Waals surface area contributed by atoms with Gasteiger partial charge in [0.05, 0.1) is 18.5 Å². The van der Waals surface area contributed by atoms with E-state index in [2.05, 4.69) is 10.3 Å². The maximum Gasteiger partial charge on any atom is 0.248 e. The molecule has 0 atom stereocenters. The average Bonchev–Trinajstić information content (AvgIpc) is 3.26. The number of fused-ring (bicyclic) bond motifs is 2. The van der Waals surface area contributed by atoms with E-state index < -0.39 is 0 Å². The highest BCUT2D eigenvalue weighted by Gasteiger charge is 2.14. The van der Waals surface area contributed by atoms with Crippen molar-refractivity contribution in [1.29, 1.82) is 0 Å². The highest BCUT2D eigenvalue weighted by molar-refractivity contribution is 6.01. The number of hydrogen-bond acceptors (Lipinski definition) is 5. The van der Waals surface area contributed by atoms with Crippen LogP contribution in [0, 0.1) is 0 Å². The molecule has 7 heteroatoms. The van der Waals surface area contributed by atoms with Crippen molar-refractivity contribution in [2.45, 2.75) is 0 Å². The molecule has 32 heavy (non-hydrogen) atoms. The molecule has 7 nitrogen and oxygen atoms in total. The second-order valence-electron chi connectivity index (χ2n) is 7.27. The molecule has 3 heterocycles. The number of amides is 1. The maximum atomic E-state index is 12.4. The van der Waals surface area contributed by atoms with Crippen molar-refractivity contribution in [2.75, 3.05) is 25.6 Å². The molecule has 5 rings (SSSR count). The Hall–Kier alpha value is -4.26. The highest BCUT2D eigenvalue weighted by atomic mass is 16.6. The molecule has 0 bridgehead atoms. The second-order valence-corrected chi connectivity index (χ2v) is 7.27. The predicted octanol–water partition coefficient (Wildman–Crippen LogP) is 4.43. The number of imidazole rings is 1. The quantitative estimate of drug-likeness (QED) is 0.477. The van der Waals surface area contributed by atoms with Crippen LogP contribution in [-0.4, -0.2) is 35.6 Å². The number of methoxy groups -OCH3 is 1. The molecule has 2 aromatic heterocycles. The van der Waals surface area contributed by atoms with Crippen molar-refractivity contribution in [3.63, 3.8) is 0 Å². The first-order valence-electron chi connectivity index (χ1n) is 10.2. The molecule has 2 aromatic carbocycles. The van der Waals surface area contributed by atoms with Gasteiger partial charge in [-0.15, -0.1) is 0 Å². The van der Waals surface area contributed by atoms with Crippen LogP contribution in [0.4, 0.5) is 5.69 Å². The van der Waals surface area contributed by atoms with Gasteiger partial charge in [0, 0.05) is 24.0 Å². The lowest BCUT2D eigenvalue weighted by atomic mass is 10.1. The Labute approximate surface area is 184 Å². The summed E-state index contributed by atoms with van der Waals surface area (Å²) in [4.78, 5) is 17.0. The van der Waals surface area contributed by atoms with E-state index in [1.165, 1.54) is 6.08 Å². The third kappa shape index (κ3) is 4.13. The van der Waals surface area contributed by atoms with Gasteiger partial charge < -0.3 is 23.9 Å². The van der Waals surface area contributed by atoms with Crippen molar-refractivity contribution in [2.24, 2.45) is 0 Å². The number of pyridine rings is 1. The molecule has 1 aliphatic rings. The van der Waals surface area contributed by atoms with E-state index in [1.807, 2.05) is 71.4 Å². The zero-order valence-electron chi connectivity index (χ0n) is 17.4. The van der Waals surface area contributed by atoms with Crippen LogP contribution in [0.25, 0.3) is 23.0 Å². The summed E-state index contributed by atoms with van der Waals surface area (Å²) < 4.78 is 18.3. The average molecular weight is 427 g/mol. The van der Waals surface area contributed by atoms with Crippen LogP contribution in [-0.2, 0) is 4.79 Å². The Morgan fingerprint density at radius 3 is 2.81 bits per heavy atom. The number of nitrogens with one attached hydrogen (secondary N) is 1. The van der Waals surface area contributed by atoms with Gasteiger partial charge in [-0.1, -0.05) is 12.1 Å². The molecule has 0 aliphatic carbocycles. The summed E-state index contributed by atoms with van der Waals surface area (Å²) in [5.41, 5.74) is 4.07. The molecule has 160 valence electrons. The lowest BCUT2D eigenvalue weighted by Gasteiger charge is -2.18. The predicted molar refractivity (Wildman–Crippen MR) is 122 cm³/mol. The van der Waals surface area contributed by atoms with Crippen LogP contribution in [0.1, 0.15) is 5.56 Å². The van der Waals surface area contributed by atoms with Gasteiger partial charge in [0.15, 0.2) is 11.5 Å². The molecular formula is C25H21N3O4. The van der Waals surface area contributed by atoms with Crippen molar-refractivity contribution in [3.8, 4) is 28.5 Å². The first-order chi connectivity index (χ1) is 15.7. The monoisotopic (exact) mass is 427 g/mol. The first-order valence-corrected chi connectivity index (χ1v) is 10.2. The minimum absolute atomic E-state index is 0.223. The summed E-state index contributed by atoms with van der Waals surface area (Å²) in [5.74, 6) is 1.99. The Balaban J connectivity index is 1.32. The highest BCUT2D eigenvalue weighted by Crippen LogP contribution is 2.34. The SMILES string of the molecule is COc1cccc(/C=C/C(=O)Nc2ccc3nc(-c4ccc5c(c4)OCCO5)cn3c2)c1. The number of nitrogens with zero attached hydrogens (tertiary/aromatic N) is 2.